The second kappa shape index (κ2) is 7.65. The van der Waals surface area contributed by atoms with Crippen molar-refractivity contribution in [3.05, 3.63) is 90.4 Å². The van der Waals surface area contributed by atoms with E-state index >= 15 is 0 Å². The van der Waals surface area contributed by atoms with Gasteiger partial charge in [0, 0.05) is 22.5 Å². The van der Waals surface area contributed by atoms with E-state index in [0.717, 1.165) is 33.1 Å². The zero-order chi connectivity index (χ0) is 21.4. The number of rotatable bonds is 4. The molecule has 0 amide bonds. The Morgan fingerprint density at radius 1 is 1.00 bits per heavy atom. The molecule has 0 aliphatic heterocycles. The maximum atomic E-state index is 13.6. The summed E-state index contributed by atoms with van der Waals surface area (Å²) in [5.74, 6) is -0.711. The van der Waals surface area contributed by atoms with E-state index < -0.39 is 5.97 Å². The normalized spacial score (nSPS) is 11.2. The Labute approximate surface area is 177 Å². The molecule has 0 aliphatic rings. The highest BCUT2D eigenvalue weighted by molar-refractivity contribution is 6.10. The Morgan fingerprint density at radius 3 is 2.52 bits per heavy atom. The number of carbonyl (C=O) groups is 1. The van der Waals surface area contributed by atoms with Crippen LogP contribution in [0.1, 0.15) is 17.3 Å². The van der Waals surface area contributed by atoms with Crippen molar-refractivity contribution in [1.82, 2.24) is 14.8 Å². The number of halogens is 1. The number of pyridine rings is 1. The van der Waals surface area contributed by atoms with E-state index in [0.29, 0.717) is 17.9 Å². The zero-order valence-corrected chi connectivity index (χ0v) is 16.7. The number of carbonyl (C=O) groups excluding carboxylic acids is 1. The minimum absolute atomic E-state index is 0.297. The van der Waals surface area contributed by atoms with Gasteiger partial charge < -0.3 is 4.74 Å². The summed E-state index contributed by atoms with van der Waals surface area (Å²) in [5.41, 5.74) is 4.37. The van der Waals surface area contributed by atoms with E-state index in [1.54, 1.807) is 48.1 Å². The van der Waals surface area contributed by atoms with Crippen LogP contribution in [-0.4, -0.2) is 27.3 Å². The molecule has 6 heteroatoms. The Kier molecular flexibility index (Phi) is 4.67. The van der Waals surface area contributed by atoms with Crippen LogP contribution in [-0.2, 0) is 4.74 Å². The third-order valence-electron chi connectivity index (χ3n) is 5.14. The fourth-order valence-corrected chi connectivity index (χ4v) is 3.70. The van der Waals surface area contributed by atoms with Gasteiger partial charge in [0.15, 0.2) is 0 Å². The number of ether oxygens (including phenoxy) is 1. The van der Waals surface area contributed by atoms with Crippen LogP contribution >= 0.6 is 0 Å². The average molecular weight is 411 g/mol. The van der Waals surface area contributed by atoms with Gasteiger partial charge in [-0.15, -0.1) is 0 Å². The fraction of sp³-hybridized carbons (Fsp3) is 0.0800. The summed E-state index contributed by atoms with van der Waals surface area (Å²) in [6.45, 7) is 2.07. The van der Waals surface area contributed by atoms with Gasteiger partial charge in [0.25, 0.3) is 0 Å². The molecule has 5 aromatic rings. The number of benzene rings is 3. The van der Waals surface area contributed by atoms with Crippen molar-refractivity contribution >= 4 is 27.8 Å². The van der Waals surface area contributed by atoms with Gasteiger partial charge in [-0.25, -0.2) is 13.9 Å². The molecule has 5 nitrogen and oxygen atoms in total. The molecule has 152 valence electrons. The molecule has 0 radical (unpaired) electrons. The molecule has 2 aromatic heterocycles. The van der Waals surface area contributed by atoms with Crippen LogP contribution in [0, 0.1) is 5.82 Å². The maximum absolute atomic E-state index is 13.6. The summed E-state index contributed by atoms with van der Waals surface area (Å²) in [6.07, 6.45) is 1.79. The molecule has 0 bridgehead atoms. The number of esters is 1. The van der Waals surface area contributed by atoms with Gasteiger partial charge in [0.2, 0.25) is 0 Å². The van der Waals surface area contributed by atoms with Crippen LogP contribution in [0.5, 0.6) is 0 Å². The van der Waals surface area contributed by atoms with E-state index in [1.165, 1.54) is 12.1 Å². The average Bonchev–Trinajstić information content (AvgIpc) is 3.20. The summed E-state index contributed by atoms with van der Waals surface area (Å²) in [6, 6.07) is 21.2. The first-order valence-electron chi connectivity index (χ1n) is 9.95. The van der Waals surface area contributed by atoms with E-state index in [9.17, 15) is 9.18 Å². The minimum atomic E-state index is -0.391. The van der Waals surface area contributed by atoms with Gasteiger partial charge >= 0.3 is 5.97 Å². The smallest absolute Gasteiger partial charge is 0.338 e. The molecule has 31 heavy (non-hydrogen) atoms. The number of hydrogen-bond acceptors (Lipinski definition) is 4. The van der Waals surface area contributed by atoms with E-state index in [1.807, 2.05) is 30.3 Å². The summed E-state index contributed by atoms with van der Waals surface area (Å²) < 4.78 is 20.5. The molecular weight excluding hydrogens is 393 g/mol. The van der Waals surface area contributed by atoms with Crippen LogP contribution in [0.3, 0.4) is 0 Å². The topological polar surface area (TPSA) is 57.0 Å². The lowest BCUT2D eigenvalue weighted by atomic mass is 10.1. The van der Waals surface area contributed by atoms with Crippen molar-refractivity contribution in [3.63, 3.8) is 0 Å². The molecule has 0 aliphatic carbocycles. The molecule has 0 fully saturated rings. The second-order valence-corrected chi connectivity index (χ2v) is 7.08. The third kappa shape index (κ3) is 3.32. The predicted octanol–water partition coefficient (Wildman–Crippen LogP) is 5.56. The fourth-order valence-electron chi connectivity index (χ4n) is 3.70. The Hall–Kier alpha value is -4.06. The van der Waals surface area contributed by atoms with Gasteiger partial charge in [0.1, 0.15) is 11.5 Å². The summed E-state index contributed by atoms with van der Waals surface area (Å²) in [7, 11) is 0. The highest BCUT2D eigenvalue weighted by atomic mass is 19.1. The third-order valence-corrected chi connectivity index (χ3v) is 5.14. The van der Waals surface area contributed by atoms with Crippen molar-refractivity contribution in [2.45, 2.75) is 6.92 Å². The second-order valence-electron chi connectivity index (χ2n) is 7.08. The first-order valence-corrected chi connectivity index (χ1v) is 9.95. The van der Waals surface area contributed by atoms with Crippen molar-refractivity contribution in [3.8, 4) is 16.9 Å². The van der Waals surface area contributed by atoms with E-state index in [4.69, 9.17) is 9.84 Å². The van der Waals surface area contributed by atoms with Gasteiger partial charge in [-0.05, 0) is 49.4 Å². The molecule has 0 saturated carbocycles. The number of aromatic nitrogens is 3. The van der Waals surface area contributed by atoms with Crippen molar-refractivity contribution in [2.24, 2.45) is 0 Å². The van der Waals surface area contributed by atoms with E-state index in [2.05, 4.69) is 4.98 Å². The lowest BCUT2D eigenvalue weighted by molar-refractivity contribution is 0.0526. The largest absolute Gasteiger partial charge is 0.462 e. The number of nitrogens with zero attached hydrogens (tertiary/aromatic N) is 3. The standard InChI is InChI=1S/C25H18FN3O2/c1-2-31-25(30)17-8-13-22-20(14-17)24-21(15-27-22)23(16-6-4-3-5-7-16)28-29(24)19-11-9-18(26)10-12-19/h3-15H,2H2,1H3. The van der Waals surface area contributed by atoms with Gasteiger partial charge in [-0.1, -0.05) is 30.3 Å². The SMILES string of the molecule is CCOC(=O)c1ccc2ncc3c(-c4ccccc4)nn(-c4ccc(F)cc4)c3c2c1. The quantitative estimate of drug-likeness (QED) is 0.364. The predicted molar refractivity (Wildman–Crippen MR) is 118 cm³/mol. The molecule has 0 N–H and O–H groups in total. The number of fused-ring (bicyclic) bond motifs is 3. The van der Waals surface area contributed by atoms with Crippen LogP contribution in [0.4, 0.5) is 4.39 Å². The Morgan fingerprint density at radius 2 is 1.77 bits per heavy atom. The molecule has 0 unspecified atom stereocenters. The molecule has 0 saturated heterocycles. The molecule has 0 spiro atoms. The van der Waals surface area contributed by atoms with Crippen molar-refractivity contribution < 1.29 is 13.9 Å². The molecular formula is C25H18FN3O2. The molecule has 5 rings (SSSR count). The lowest BCUT2D eigenvalue weighted by Gasteiger charge is -2.08. The van der Waals surface area contributed by atoms with Crippen LogP contribution < -0.4 is 0 Å². The Bertz CT molecular complexity index is 1410. The summed E-state index contributed by atoms with van der Waals surface area (Å²) >= 11 is 0. The first kappa shape index (κ1) is 18.9. The van der Waals surface area contributed by atoms with E-state index in [-0.39, 0.29) is 5.82 Å². The molecule has 0 atom stereocenters. The van der Waals surface area contributed by atoms with Crippen LogP contribution in [0.15, 0.2) is 79.0 Å². The first-order chi connectivity index (χ1) is 15.2. The summed E-state index contributed by atoms with van der Waals surface area (Å²) in [5, 5.41) is 6.46. The highest BCUT2D eigenvalue weighted by Gasteiger charge is 2.18. The Balaban J connectivity index is 1.85. The monoisotopic (exact) mass is 411 g/mol. The maximum Gasteiger partial charge on any atom is 0.338 e. The highest BCUT2D eigenvalue weighted by Crippen LogP contribution is 2.34. The zero-order valence-electron chi connectivity index (χ0n) is 16.7. The number of hydrogen-bond donors (Lipinski definition) is 0. The van der Waals surface area contributed by atoms with Crippen LogP contribution in [0.25, 0.3) is 38.8 Å². The molecule has 3 aromatic carbocycles. The summed E-state index contributed by atoms with van der Waals surface area (Å²) in [4.78, 5) is 16.9. The minimum Gasteiger partial charge on any atom is -0.462 e. The lowest BCUT2D eigenvalue weighted by Crippen LogP contribution is -2.04. The van der Waals surface area contributed by atoms with Gasteiger partial charge in [0.05, 0.1) is 28.9 Å². The van der Waals surface area contributed by atoms with Crippen LogP contribution in [0.2, 0.25) is 0 Å². The van der Waals surface area contributed by atoms with Gasteiger partial charge in [-0.3, -0.25) is 4.98 Å². The van der Waals surface area contributed by atoms with Crippen molar-refractivity contribution in [1.29, 1.82) is 0 Å². The van der Waals surface area contributed by atoms with Crippen molar-refractivity contribution in [2.75, 3.05) is 6.61 Å². The molecule has 2 heterocycles. The van der Waals surface area contributed by atoms with Gasteiger partial charge in [-0.2, -0.15) is 5.10 Å².